The lowest BCUT2D eigenvalue weighted by molar-refractivity contribution is -0.136. The number of nitrogens with one attached hydrogen (secondary N) is 1. The number of nitrogens with zero attached hydrogens (tertiary/aromatic N) is 1. The van der Waals surface area contributed by atoms with E-state index in [1.54, 1.807) is 0 Å². The topological polar surface area (TPSA) is 50.7 Å². The van der Waals surface area contributed by atoms with Crippen molar-refractivity contribution in [1.82, 2.24) is 5.32 Å². The summed E-state index contributed by atoms with van der Waals surface area (Å²) in [7, 11) is 0. The molecule has 0 saturated heterocycles. The van der Waals surface area contributed by atoms with Gasteiger partial charge in [-0.05, 0) is 26.7 Å². The highest BCUT2D eigenvalue weighted by atomic mass is 16.7. The maximum Gasteiger partial charge on any atom is 0.369 e. The summed E-state index contributed by atoms with van der Waals surface area (Å²) < 4.78 is 0. The van der Waals surface area contributed by atoms with Crippen LogP contribution in [-0.2, 0) is 9.63 Å². The van der Waals surface area contributed by atoms with Crippen LogP contribution in [0.1, 0.15) is 85.0 Å². The van der Waals surface area contributed by atoms with Crippen molar-refractivity contribution in [1.29, 1.82) is 0 Å². The first-order valence-electron chi connectivity index (χ1n) is 8.94. The molecule has 1 heterocycles. The quantitative estimate of drug-likeness (QED) is 0.323. The number of rotatable bonds is 12. The van der Waals surface area contributed by atoms with Gasteiger partial charge in [-0.3, -0.25) is 0 Å². The van der Waals surface area contributed by atoms with E-state index in [2.05, 4.69) is 17.4 Å². The number of carbonyl (C=O) groups is 1. The summed E-state index contributed by atoms with van der Waals surface area (Å²) >= 11 is 0. The Labute approximate surface area is 135 Å². The zero-order valence-electron chi connectivity index (χ0n) is 14.5. The summed E-state index contributed by atoms with van der Waals surface area (Å²) in [6, 6.07) is 0. The normalized spacial score (nSPS) is 16.5. The molecule has 0 bridgehead atoms. The molecule has 1 aliphatic heterocycles. The summed E-state index contributed by atoms with van der Waals surface area (Å²) in [6.07, 6.45) is 12.7. The number of allylic oxidation sites excluding steroid dienone is 1. The van der Waals surface area contributed by atoms with Crippen LogP contribution in [0.25, 0.3) is 0 Å². The van der Waals surface area contributed by atoms with E-state index in [9.17, 15) is 4.79 Å². The molecule has 0 amide bonds. The summed E-state index contributed by atoms with van der Waals surface area (Å²) in [4.78, 5) is 16.5. The predicted octanol–water partition coefficient (Wildman–Crippen LogP) is 4.70. The lowest BCUT2D eigenvalue weighted by Gasteiger charge is -2.11. The van der Waals surface area contributed by atoms with Crippen LogP contribution in [-0.4, -0.2) is 18.2 Å². The lowest BCUT2D eigenvalue weighted by Crippen LogP contribution is -2.19. The highest BCUT2D eigenvalue weighted by Gasteiger charge is 2.25. The fourth-order valence-corrected chi connectivity index (χ4v) is 2.82. The molecule has 0 unspecified atom stereocenters. The summed E-state index contributed by atoms with van der Waals surface area (Å²) in [6.45, 7) is 6.94. The number of carbonyl (C=O) groups excluding carboxylic acids is 1. The predicted molar refractivity (Wildman–Crippen MR) is 91.7 cm³/mol. The van der Waals surface area contributed by atoms with Gasteiger partial charge in [-0.15, -0.1) is 0 Å². The first kappa shape index (κ1) is 18.7. The molecule has 1 N–H and O–H groups in total. The zero-order chi connectivity index (χ0) is 16.2. The van der Waals surface area contributed by atoms with E-state index in [0.717, 1.165) is 25.1 Å². The molecule has 0 aliphatic carbocycles. The van der Waals surface area contributed by atoms with E-state index in [4.69, 9.17) is 4.84 Å². The Hall–Kier alpha value is -1.32. The minimum atomic E-state index is -0.315. The van der Waals surface area contributed by atoms with Crippen molar-refractivity contribution in [2.24, 2.45) is 5.16 Å². The number of hydrogen-bond acceptors (Lipinski definition) is 4. The number of hydrogen-bond donors (Lipinski definition) is 1. The summed E-state index contributed by atoms with van der Waals surface area (Å²) in [5, 5.41) is 7.07. The summed E-state index contributed by atoms with van der Waals surface area (Å²) in [5.41, 5.74) is 2.33. The second kappa shape index (κ2) is 11.3. The van der Waals surface area contributed by atoms with Crippen LogP contribution in [0.2, 0.25) is 0 Å². The molecule has 0 spiro atoms. The molecule has 0 atom stereocenters. The van der Waals surface area contributed by atoms with Gasteiger partial charge in [-0.25, -0.2) is 4.79 Å². The molecule has 1 rings (SSSR count). The number of unbranched alkanes of at least 4 members (excludes halogenated alkanes) is 8. The molecular formula is C18H32N2O2. The molecule has 22 heavy (non-hydrogen) atoms. The third kappa shape index (κ3) is 6.63. The van der Waals surface area contributed by atoms with E-state index in [-0.39, 0.29) is 5.97 Å². The van der Waals surface area contributed by atoms with Crippen molar-refractivity contribution in [3.05, 3.63) is 11.3 Å². The van der Waals surface area contributed by atoms with E-state index in [0.29, 0.717) is 11.3 Å². The molecule has 0 aromatic carbocycles. The standard InChI is InChI=1S/C18H32N2O2/c1-4-6-7-8-9-10-11-12-13-14-16(19-5-2)17-15(3)20-22-18(17)21/h19H,4-14H2,1-3H3. The van der Waals surface area contributed by atoms with E-state index in [1.165, 1.54) is 51.4 Å². The maximum absolute atomic E-state index is 11.7. The van der Waals surface area contributed by atoms with Crippen LogP contribution in [0.4, 0.5) is 0 Å². The Morgan fingerprint density at radius 3 is 2.09 bits per heavy atom. The molecule has 0 radical (unpaired) electrons. The first-order chi connectivity index (χ1) is 10.7. The molecule has 126 valence electrons. The Morgan fingerprint density at radius 1 is 1.00 bits per heavy atom. The Kier molecular flexibility index (Phi) is 9.60. The zero-order valence-corrected chi connectivity index (χ0v) is 14.5. The van der Waals surface area contributed by atoms with Gasteiger partial charge in [-0.2, -0.15) is 0 Å². The third-order valence-corrected chi connectivity index (χ3v) is 4.05. The molecule has 0 aromatic heterocycles. The van der Waals surface area contributed by atoms with Crippen molar-refractivity contribution in [2.45, 2.75) is 85.0 Å². The molecule has 0 fully saturated rings. The van der Waals surface area contributed by atoms with E-state index in [1.807, 2.05) is 13.8 Å². The molecule has 4 nitrogen and oxygen atoms in total. The van der Waals surface area contributed by atoms with Gasteiger partial charge in [0.1, 0.15) is 5.57 Å². The van der Waals surface area contributed by atoms with Gasteiger partial charge in [0.05, 0.1) is 5.71 Å². The SMILES string of the molecule is CCCCCCCCCCCC(NCC)=C1C(=O)ON=C1C. The van der Waals surface area contributed by atoms with Crippen LogP contribution >= 0.6 is 0 Å². The van der Waals surface area contributed by atoms with Crippen molar-refractivity contribution < 1.29 is 9.63 Å². The second-order valence-electron chi connectivity index (χ2n) is 6.02. The Bertz CT molecular complexity index is 400. The monoisotopic (exact) mass is 308 g/mol. The minimum Gasteiger partial charge on any atom is -0.388 e. The molecule has 0 saturated carbocycles. The lowest BCUT2D eigenvalue weighted by atomic mass is 10.0. The largest absolute Gasteiger partial charge is 0.388 e. The van der Waals surface area contributed by atoms with Gasteiger partial charge in [0.2, 0.25) is 0 Å². The highest BCUT2D eigenvalue weighted by molar-refractivity contribution is 6.21. The van der Waals surface area contributed by atoms with Gasteiger partial charge in [0.25, 0.3) is 0 Å². The molecule has 0 aromatic rings. The average Bonchev–Trinajstić information content (AvgIpc) is 2.83. The van der Waals surface area contributed by atoms with Crippen LogP contribution in [0.3, 0.4) is 0 Å². The molecule has 4 heteroatoms. The first-order valence-corrected chi connectivity index (χ1v) is 8.94. The van der Waals surface area contributed by atoms with E-state index >= 15 is 0 Å². The Morgan fingerprint density at radius 2 is 1.59 bits per heavy atom. The minimum absolute atomic E-state index is 0.315. The van der Waals surface area contributed by atoms with Crippen LogP contribution in [0.5, 0.6) is 0 Å². The van der Waals surface area contributed by atoms with Gasteiger partial charge in [0.15, 0.2) is 0 Å². The van der Waals surface area contributed by atoms with Gasteiger partial charge in [-0.1, -0.05) is 63.4 Å². The number of oxime groups is 1. The van der Waals surface area contributed by atoms with E-state index < -0.39 is 0 Å². The van der Waals surface area contributed by atoms with Crippen molar-refractivity contribution in [3.8, 4) is 0 Å². The smallest absolute Gasteiger partial charge is 0.369 e. The van der Waals surface area contributed by atoms with Crippen LogP contribution in [0, 0.1) is 0 Å². The van der Waals surface area contributed by atoms with Crippen LogP contribution < -0.4 is 5.32 Å². The van der Waals surface area contributed by atoms with Crippen LogP contribution in [0.15, 0.2) is 16.4 Å². The fraction of sp³-hybridized carbons (Fsp3) is 0.778. The van der Waals surface area contributed by atoms with Crippen molar-refractivity contribution in [3.63, 3.8) is 0 Å². The van der Waals surface area contributed by atoms with Crippen molar-refractivity contribution >= 4 is 11.7 Å². The van der Waals surface area contributed by atoms with Gasteiger partial charge >= 0.3 is 5.97 Å². The van der Waals surface area contributed by atoms with Gasteiger partial charge in [0, 0.05) is 12.2 Å². The highest BCUT2D eigenvalue weighted by Crippen LogP contribution is 2.19. The van der Waals surface area contributed by atoms with Crippen molar-refractivity contribution in [2.75, 3.05) is 6.54 Å². The Balaban J connectivity index is 2.24. The summed E-state index contributed by atoms with van der Waals surface area (Å²) in [5.74, 6) is -0.315. The maximum atomic E-state index is 11.7. The van der Waals surface area contributed by atoms with Gasteiger partial charge < -0.3 is 10.2 Å². The molecule has 1 aliphatic rings. The second-order valence-corrected chi connectivity index (χ2v) is 6.02. The average molecular weight is 308 g/mol. The molecular weight excluding hydrogens is 276 g/mol. The third-order valence-electron chi connectivity index (χ3n) is 4.05. The fourth-order valence-electron chi connectivity index (χ4n) is 2.82.